The molecule has 4 heteroatoms. The number of nitrogens with two attached hydrogens (primary N) is 1. The Morgan fingerprint density at radius 2 is 1.90 bits per heavy atom. The highest BCUT2D eigenvalue weighted by Gasteiger charge is 2.23. The van der Waals surface area contributed by atoms with Gasteiger partial charge in [-0.05, 0) is 38.8 Å². The second-order valence-electron chi connectivity index (χ2n) is 5.71. The molecule has 0 radical (unpaired) electrons. The van der Waals surface area contributed by atoms with Crippen LogP contribution in [-0.2, 0) is 16.0 Å². The molecule has 0 spiro atoms. The van der Waals surface area contributed by atoms with Crippen molar-refractivity contribution >= 4 is 5.97 Å². The quantitative estimate of drug-likeness (QED) is 0.490. The first-order valence-corrected chi connectivity index (χ1v) is 6.67. The highest BCUT2D eigenvalue weighted by molar-refractivity contribution is 5.75. The summed E-state index contributed by atoms with van der Waals surface area (Å²) in [5.41, 5.74) is 5.76. The molecule has 2 unspecified atom stereocenters. The number of carbonyl (C=O) groups excluding carboxylic acids is 1. The number of hydrogen-bond acceptors (Lipinski definition) is 4. The van der Waals surface area contributed by atoms with E-state index in [9.17, 15) is 4.79 Å². The fourth-order valence-corrected chi connectivity index (χ4v) is 1.72. The van der Waals surface area contributed by atoms with E-state index in [0.29, 0.717) is 6.42 Å². The second kappa shape index (κ2) is 7.22. The Kier molecular flexibility index (Phi) is 5.92. The minimum absolute atomic E-state index is 0.321. The van der Waals surface area contributed by atoms with Crippen LogP contribution in [-0.4, -0.2) is 22.9 Å². The highest BCUT2D eigenvalue weighted by atomic mass is 16.6. The SMILES string of the molecule is CC(C)(C)OC(=O)C(C=CC(N)O)Cc1ccccc1. The van der Waals surface area contributed by atoms with E-state index in [1.165, 1.54) is 6.08 Å². The number of carbonyl (C=O) groups is 1. The average Bonchev–Trinajstić information content (AvgIpc) is 2.33. The molecule has 2 atom stereocenters. The number of aliphatic hydroxyl groups excluding tert-OH is 1. The minimum atomic E-state index is -1.07. The number of rotatable bonds is 5. The van der Waals surface area contributed by atoms with Crippen molar-refractivity contribution in [3.05, 3.63) is 48.0 Å². The Morgan fingerprint density at radius 1 is 1.30 bits per heavy atom. The molecule has 0 saturated carbocycles. The fraction of sp³-hybridized carbons (Fsp3) is 0.438. The summed E-state index contributed by atoms with van der Waals surface area (Å²) in [6.07, 6.45) is 2.44. The normalized spacial score (nSPS) is 15.1. The summed E-state index contributed by atoms with van der Waals surface area (Å²) in [4.78, 5) is 12.2. The van der Waals surface area contributed by atoms with Crippen molar-refractivity contribution in [2.75, 3.05) is 0 Å². The molecule has 0 aliphatic rings. The van der Waals surface area contributed by atoms with Gasteiger partial charge in [0.05, 0.1) is 5.92 Å². The van der Waals surface area contributed by atoms with E-state index in [0.717, 1.165) is 5.56 Å². The first-order valence-electron chi connectivity index (χ1n) is 6.67. The van der Waals surface area contributed by atoms with Gasteiger partial charge in [0.25, 0.3) is 0 Å². The summed E-state index contributed by atoms with van der Waals surface area (Å²) in [5, 5.41) is 9.12. The monoisotopic (exact) mass is 277 g/mol. The van der Waals surface area contributed by atoms with E-state index in [2.05, 4.69) is 0 Å². The summed E-state index contributed by atoms with van der Waals surface area (Å²) < 4.78 is 5.39. The van der Waals surface area contributed by atoms with Crippen molar-refractivity contribution in [1.82, 2.24) is 0 Å². The van der Waals surface area contributed by atoms with Gasteiger partial charge in [-0.15, -0.1) is 0 Å². The molecule has 1 rings (SSSR count). The molecule has 110 valence electrons. The van der Waals surface area contributed by atoms with Crippen molar-refractivity contribution < 1.29 is 14.6 Å². The van der Waals surface area contributed by atoms with Crippen LogP contribution in [0.15, 0.2) is 42.5 Å². The zero-order chi connectivity index (χ0) is 15.2. The van der Waals surface area contributed by atoms with Crippen molar-refractivity contribution in [2.24, 2.45) is 11.7 Å². The van der Waals surface area contributed by atoms with Gasteiger partial charge in [-0.25, -0.2) is 0 Å². The van der Waals surface area contributed by atoms with Crippen LogP contribution >= 0.6 is 0 Å². The summed E-state index contributed by atoms with van der Waals surface area (Å²) in [6.45, 7) is 5.48. The van der Waals surface area contributed by atoms with Crippen LogP contribution in [0, 0.1) is 5.92 Å². The lowest BCUT2D eigenvalue weighted by atomic mass is 9.98. The summed E-state index contributed by atoms with van der Waals surface area (Å²) in [5.74, 6) is -0.784. The molecule has 0 aliphatic heterocycles. The standard InChI is InChI=1S/C16H23NO3/c1-16(2,3)20-15(19)13(9-10-14(17)18)11-12-7-5-4-6-8-12/h4-10,13-14,18H,11,17H2,1-3H3. The molecule has 0 aliphatic carbocycles. The number of benzene rings is 1. The Balaban J connectivity index is 2.82. The van der Waals surface area contributed by atoms with Crippen molar-refractivity contribution in [2.45, 2.75) is 39.0 Å². The van der Waals surface area contributed by atoms with E-state index in [-0.39, 0.29) is 5.97 Å². The molecule has 0 bridgehead atoms. The van der Waals surface area contributed by atoms with Gasteiger partial charge >= 0.3 is 5.97 Å². The van der Waals surface area contributed by atoms with E-state index in [4.69, 9.17) is 15.6 Å². The van der Waals surface area contributed by atoms with Crippen LogP contribution < -0.4 is 5.73 Å². The zero-order valence-electron chi connectivity index (χ0n) is 12.2. The molecule has 0 aromatic heterocycles. The van der Waals surface area contributed by atoms with Gasteiger partial charge in [-0.3, -0.25) is 4.79 Å². The van der Waals surface area contributed by atoms with Crippen LogP contribution in [0.25, 0.3) is 0 Å². The van der Waals surface area contributed by atoms with E-state index in [1.54, 1.807) is 6.08 Å². The Morgan fingerprint density at radius 3 is 2.40 bits per heavy atom. The maximum absolute atomic E-state index is 12.2. The molecule has 0 saturated heterocycles. The minimum Gasteiger partial charge on any atom is -0.460 e. The lowest BCUT2D eigenvalue weighted by Gasteiger charge is -2.22. The van der Waals surface area contributed by atoms with Crippen molar-refractivity contribution in [3.63, 3.8) is 0 Å². The van der Waals surface area contributed by atoms with Crippen molar-refractivity contribution in [1.29, 1.82) is 0 Å². The largest absolute Gasteiger partial charge is 0.460 e. The predicted molar refractivity (Wildman–Crippen MR) is 78.8 cm³/mol. The molecular formula is C16H23NO3. The summed E-state index contributed by atoms with van der Waals surface area (Å²) in [6, 6.07) is 9.66. The van der Waals surface area contributed by atoms with Gasteiger partial charge in [-0.2, -0.15) is 0 Å². The number of esters is 1. The maximum Gasteiger partial charge on any atom is 0.313 e. The smallest absolute Gasteiger partial charge is 0.313 e. The fourth-order valence-electron chi connectivity index (χ4n) is 1.72. The molecule has 0 heterocycles. The molecule has 1 aromatic rings. The number of ether oxygens (including phenoxy) is 1. The Bertz CT molecular complexity index is 447. The van der Waals surface area contributed by atoms with Crippen molar-refractivity contribution in [3.8, 4) is 0 Å². The van der Waals surface area contributed by atoms with Crippen LogP contribution in [0.4, 0.5) is 0 Å². The average molecular weight is 277 g/mol. The first-order chi connectivity index (χ1) is 9.28. The molecule has 20 heavy (non-hydrogen) atoms. The van der Waals surface area contributed by atoms with Crippen LogP contribution in [0.3, 0.4) is 0 Å². The van der Waals surface area contributed by atoms with Crippen LogP contribution in [0.2, 0.25) is 0 Å². The topological polar surface area (TPSA) is 72.5 Å². The van der Waals surface area contributed by atoms with E-state index in [1.807, 2.05) is 51.1 Å². The first kappa shape index (κ1) is 16.4. The highest BCUT2D eigenvalue weighted by Crippen LogP contribution is 2.17. The summed E-state index contributed by atoms with van der Waals surface area (Å²) >= 11 is 0. The second-order valence-corrected chi connectivity index (χ2v) is 5.71. The third-order valence-corrected chi connectivity index (χ3v) is 2.55. The van der Waals surface area contributed by atoms with E-state index >= 15 is 0 Å². The van der Waals surface area contributed by atoms with Crippen LogP contribution in [0.1, 0.15) is 26.3 Å². The number of aliphatic hydroxyl groups is 1. The molecule has 0 amide bonds. The lowest BCUT2D eigenvalue weighted by molar-refractivity contribution is -0.158. The maximum atomic E-state index is 12.2. The Hall–Kier alpha value is -1.65. The molecule has 1 aromatic carbocycles. The zero-order valence-corrected chi connectivity index (χ0v) is 12.2. The molecule has 4 nitrogen and oxygen atoms in total. The number of hydrogen-bond donors (Lipinski definition) is 2. The van der Waals surface area contributed by atoms with Gasteiger partial charge in [0.2, 0.25) is 0 Å². The predicted octanol–water partition coefficient (Wildman–Crippen LogP) is 2.02. The molecular weight excluding hydrogens is 254 g/mol. The Labute approximate surface area is 120 Å². The van der Waals surface area contributed by atoms with Gasteiger partial charge in [0.15, 0.2) is 0 Å². The van der Waals surface area contributed by atoms with Gasteiger partial charge in [0.1, 0.15) is 11.8 Å². The van der Waals surface area contributed by atoms with Gasteiger partial charge in [-0.1, -0.05) is 36.4 Å². The van der Waals surface area contributed by atoms with E-state index < -0.39 is 17.7 Å². The molecule has 3 N–H and O–H groups in total. The summed E-state index contributed by atoms with van der Waals surface area (Å²) in [7, 11) is 0. The van der Waals surface area contributed by atoms with Gasteiger partial charge in [0, 0.05) is 0 Å². The lowest BCUT2D eigenvalue weighted by Crippen LogP contribution is -2.29. The van der Waals surface area contributed by atoms with Crippen LogP contribution in [0.5, 0.6) is 0 Å². The molecule has 0 fully saturated rings. The third kappa shape index (κ3) is 6.50. The third-order valence-electron chi connectivity index (χ3n) is 2.55. The van der Waals surface area contributed by atoms with Gasteiger partial charge < -0.3 is 15.6 Å².